The van der Waals surface area contributed by atoms with E-state index < -0.39 is 11.3 Å². The summed E-state index contributed by atoms with van der Waals surface area (Å²) in [5.74, 6) is -2.00. The van der Waals surface area contributed by atoms with Crippen molar-refractivity contribution in [2.24, 2.45) is 23.2 Å². The van der Waals surface area contributed by atoms with Crippen molar-refractivity contribution in [3.05, 3.63) is 0 Å². The molecule has 126 valence electrons. The molecule has 0 aromatic carbocycles. The Morgan fingerprint density at radius 1 is 1.00 bits per heavy atom. The molecule has 6 heteroatoms. The van der Waals surface area contributed by atoms with Gasteiger partial charge >= 0.3 is 17.9 Å². The van der Waals surface area contributed by atoms with Crippen LogP contribution in [0.1, 0.15) is 39.5 Å². The summed E-state index contributed by atoms with van der Waals surface area (Å²) in [6.45, 7) is 3.56. The van der Waals surface area contributed by atoms with Crippen LogP contribution in [-0.2, 0) is 28.6 Å². The molecule has 0 spiro atoms. The second-order valence-corrected chi connectivity index (χ2v) is 6.34. The van der Waals surface area contributed by atoms with Crippen LogP contribution >= 0.6 is 0 Å². The van der Waals surface area contributed by atoms with Gasteiger partial charge in [0.05, 0.1) is 32.7 Å². The van der Waals surface area contributed by atoms with E-state index in [0.29, 0.717) is 0 Å². The normalized spacial score (nSPS) is 25.2. The van der Waals surface area contributed by atoms with Crippen molar-refractivity contribution in [1.82, 2.24) is 0 Å². The summed E-state index contributed by atoms with van der Waals surface area (Å²) in [7, 11) is 3.99. The van der Waals surface area contributed by atoms with Crippen LogP contribution in [0.4, 0.5) is 0 Å². The minimum Gasteiger partial charge on any atom is -0.469 e. The first-order valence-corrected chi connectivity index (χ1v) is 7.52. The van der Waals surface area contributed by atoms with Crippen LogP contribution in [0.2, 0.25) is 0 Å². The standard InChI is InChI=1S/C16H26O6/c1-16(2,15(19)22-5)11-8-6-7-10(9-12(17)20-3)13(11)14(18)21-4/h10-11,13H,6-9H2,1-5H3/t10-,11+,13+/m0/s1. The van der Waals surface area contributed by atoms with E-state index in [4.69, 9.17) is 14.2 Å². The Hall–Kier alpha value is -1.59. The molecular formula is C16H26O6. The smallest absolute Gasteiger partial charge is 0.311 e. The molecule has 22 heavy (non-hydrogen) atoms. The zero-order valence-corrected chi connectivity index (χ0v) is 14.0. The fourth-order valence-corrected chi connectivity index (χ4v) is 3.53. The topological polar surface area (TPSA) is 78.9 Å². The monoisotopic (exact) mass is 314 g/mol. The van der Waals surface area contributed by atoms with Crippen molar-refractivity contribution in [2.75, 3.05) is 21.3 Å². The Kier molecular flexibility index (Phi) is 6.38. The maximum atomic E-state index is 12.3. The Labute approximate surface area is 131 Å². The van der Waals surface area contributed by atoms with Crippen molar-refractivity contribution in [1.29, 1.82) is 0 Å². The average molecular weight is 314 g/mol. The van der Waals surface area contributed by atoms with Crippen LogP contribution in [0.25, 0.3) is 0 Å². The van der Waals surface area contributed by atoms with E-state index in [1.807, 2.05) is 0 Å². The van der Waals surface area contributed by atoms with Crippen molar-refractivity contribution in [2.45, 2.75) is 39.5 Å². The lowest BCUT2D eigenvalue weighted by atomic mass is 9.61. The third kappa shape index (κ3) is 3.78. The molecule has 0 amide bonds. The SMILES string of the molecule is COC(=O)C[C@@H]1CCC[C@@H](C(C)(C)C(=O)OC)[C@@H]1C(=O)OC. The Morgan fingerprint density at radius 2 is 1.64 bits per heavy atom. The first kappa shape index (κ1) is 18.5. The van der Waals surface area contributed by atoms with Crippen molar-refractivity contribution in [3.8, 4) is 0 Å². The highest BCUT2D eigenvalue weighted by Crippen LogP contribution is 2.47. The number of rotatable bonds is 5. The average Bonchev–Trinajstić information content (AvgIpc) is 2.52. The maximum absolute atomic E-state index is 12.3. The lowest BCUT2D eigenvalue weighted by Crippen LogP contribution is -2.46. The second kappa shape index (κ2) is 7.61. The van der Waals surface area contributed by atoms with E-state index in [1.54, 1.807) is 13.8 Å². The van der Waals surface area contributed by atoms with Crippen LogP contribution in [-0.4, -0.2) is 39.2 Å². The number of carbonyl (C=O) groups is 3. The van der Waals surface area contributed by atoms with Gasteiger partial charge in [-0.05, 0) is 38.5 Å². The molecule has 1 aliphatic carbocycles. The highest BCUT2D eigenvalue weighted by Gasteiger charge is 2.50. The van der Waals surface area contributed by atoms with Gasteiger partial charge in [0.15, 0.2) is 0 Å². The van der Waals surface area contributed by atoms with Gasteiger partial charge in [-0.2, -0.15) is 0 Å². The zero-order valence-electron chi connectivity index (χ0n) is 14.0. The van der Waals surface area contributed by atoms with Gasteiger partial charge in [0, 0.05) is 6.42 Å². The second-order valence-electron chi connectivity index (χ2n) is 6.34. The summed E-state index contributed by atoms with van der Waals surface area (Å²) in [4.78, 5) is 36.0. The van der Waals surface area contributed by atoms with E-state index in [9.17, 15) is 14.4 Å². The summed E-state index contributed by atoms with van der Waals surface area (Å²) in [6.07, 6.45) is 2.46. The Balaban J connectivity index is 3.10. The van der Waals surface area contributed by atoms with Gasteiger partial charge in [-0.25, -0.2) is 0 Å². The minimum absolute atomic E-state index is 0.157. The number of esters is 3. The molecule has 0 radical (unpaired) electrons. The molecule has 1 aliphatic rings. The predicted molar refractivity (Wildman–Crippen MR) is 78.8 cm³/mol. The largest absolute Gasteiger partial charge is 0.469 e. The third-order valence-corrected chi connectivity index (χ3v) is 4.80. The molecule has 3 atom stereocenters. The summed E-state index contributed by atoms with van der Waals surface area (Å²) in [5, 5.41) is 0. The molecule has 1 saturated carbocycles. The van der Waals surface area contributed by atoms with Crippen LogP contribution in [0.15, 0.2) is 0 Å². The van der Waals surface area contributed by atoms with Gasteiger partial charge in [0.1, 0.15) is 0 Å². The summed E-state index contributed by atoms with van der Waals surface area (Å²) < 4.78 is 14.5. The fourth-order valence-electron chi connectivity index (χ4n) is 3.53. The van der Waals surface area contributed by atoms with Gasteiger partial charge in [0.25, 0.3) is 0 Å². The summed E-state index contributed by atoms with van der Waals surface area (Å²) >= 11 is 0. The van der Waals surface area contributed by atoms with Crippen LogP contribution in [0.3, 0.4) is 0 Å². The van der Waals surface area contributed by atoms with E-state index in [0.717, 1.165) is 19.3 Å². The Bertz CT molecular complexity index is 428. The van der Waals surface area contributed by atoms with Crippen LogP contribution in [0.5, 0.6) is 0 Å². The van der Waals surface area contributed by atoms with Crippen molar-refractivity contribution < 1.29 is 28.6 Å². The number of ether oxygens (including phenoxy) is 3. The van der Waals surface area contributed by atoms with Gasteiger partial charge < -0.3 is 14.2 Å². The molecule has 0 aromatic rings. The van der Waals surface area contributed by atoms with Crippen LogP contribution in [0, 0.1) is 23.2 Å². The summed E-state index contributed by atoms with van der Waals surface area (Å²) in [5.41, 5.74) is -0.817. The number of methoxy groups -OCH3 is 3. The van der Waals surface area contributed by atoms with Gasteiger partial charge in [-0.3, -0.25) is 14.4 Å². The fraction of sp³-hybridized carbons (Fsp3) is 0.812. The molecular weight excluding hydrogens is 288 g/mol. The van der Waals surface area contributed by atoms with Gasteiger partial charge in [0.2, 0.25) is 0 Å². The maximum Gasteiger partial charge on any atom is 0.311 e. The molecule has 0 heterocycles. The number of carbonyl (C=O) groups excluding carboxylic acids is 3. The van der Waals surface area contributed by atoms with E-state index >= 15 is 0 Å². The van der Waals surface area contributed by atoms with Crippen molar-refractivity contribution >= 4 is 17.9 Å². The van der Waals surface area contributed by atoms with E-state index in [-0.39, 0.29) is 36.2 Å². The molecule has 6 nitrogen and oxygen atoms in total. The molecule has 1 fully saturated rings. The first-order valence-electron chi connectivity index (χ1n) is 7.52. The number of hydrogen-bond acceptors (Lipinski definition) is 6. The van der Waals surface area contributed by atoms with E-state index in [2.05, 4.69) is 0 Å². The molecule has 0 bridgehead atoms. The van der Waals surface area contributed by atoms with E-state index in [1.165, 1.54) is 21.3 Å². The summed E-state index contributed by atoms with van der Waals surface area (Å²) in [6, 6.07) is 0. The molecule has 0 aliphatic heterocycles. The highest BCUT2D eigenvalue weighted by atomic mass is 16.5. The first-order chi connectivity index (χ1) is 10.3. The van der Waals surface area contributed by atoms with Gasteiger partial charge in [-0.15, -0.1) is 0 Å². The minimum atomic E-state index is -0.817. The molecule has 0 N–H and O–H groups in total. The predicted octanol–water partition coefficient (Wildman–Crippen LogP) is 1.95. The number of hydrogen-bond donors (Lipinski definition) is 0. The lowest BCUT2D eigenvalue weighted by Gasteiger charge is -2.42. The molecule has 0 saturated heterocycles. The third-order valence-electron chi connectivity index (χ3n) is 4.80. The van der Waals surface area contributed by atoms with Crippen molar-refractivity contribution in [3.63, 3.8) is 0 Å². The highest BCUT2D eigenvalue weighted by molar-refractivity contribution is 5.80. The Morgan fingerprint density at radius 3 is 2.14 bits per heavy atom. The quantitative estimate of drug-likeness (QED) is 0.570. The van der Waals surface area contributed by atoms with Gasteiger partial charge in [-0.1, -0.05) is 6.42 Å². The molecule has 0 unspecified atom stereocenters. The molecule has 1 rings (SSSR count). The lowest BCUT2D eigenvalue weighted by molar-refractivity contribution is -0.165. The molecule has 0 aromatic heterocycles. The van der Waals surface area contributed by atoms with Crippen LogP contribution < -0.4 is 0 Å². The zero-order chi connectivity index (χ0) is 16.9.